The number of aryl methyl sites for hydroxylation is 1. The van der Waals surface area contributed by atoms with Gasteiger partial charge in [-0.1, -0.05) is 37.3 Å². The molecule has 0 aliphatic carbocycles. The van der Waals surface area contributed by atoms with Crippen LogP contribution in [0.4, 0.5) is 5.13 Å². The lowest BCUT2D eigenvalue weighted by atomic mass is 10.1. The second-order valence-electron chi connectivity index (χ2n) is 5.50. The number of aromatic nitrogens is 2. The van der Waals surface area contributed by atoms with Gasteiger partial charge in [-0.3, -0.25) is 0 Å². The van der Waals surface area contributed by atoms with Crippen LogP contribution in [-0.2, 0) is 13.0 Å². The first-order valence-corrected chi connectivity index (χ1v) is 8.47. The van der Waals surface area contributed by atoms with Gasteiger partial charge in [0.2, 0.25) is 5.13 Å². The van der Waals surface area contributed by atoms with Crippen molar-refractivity contribution >= 4 is 16.7 Å². The molecule has 0 spiro atoms. The Kier molecular flexibility index (Phi) is 4.83. The quantitative estimate of drug-likeness (QED) is 0.922. The van der Waals surface area contributed by atoms with E-state index in [1.165, 1.54) is 29.9 Å². The molecule has 1 atom stereocenters. The fourth-order valence-electron chi connectivity index (χ4n) is 2.69. The van der Waals surface area contributed by atoms with Crippen molar-refractivity contribution in [2.45, 2.75) is 38.8 Å². The number of anilines is 1. The molecule has 0 bridgehead atoms. The number of piperidine rings is 1. The zero-order chi connectivity index (χ0) is 14.5. The molecular weight excluding hydrogens is 280 g/mol. The van der Waals surface area contributed by atoms with E-state index in [9.17, 15) is 0 Å². The SMILES string of the molecule is CCc1nsc(N2CCCC(NCc3ccccc3)C2)n1. The van der Waals surface area contributed by atoms with Crippen molar-refractivity contribution in [3.63, 3.8) is 0 Å². The van der Waals surface area contributed by atoms with Crippen molar-refractivity contribution in [1.29, 1.82) is 0 Å². The molecule has 0 radical (unpaired) electrons. The Bertz CT molecular complexity index is 554. The molecule has 3 rings (SSSR count). The minimum absolute atomic E-state index is 0.535. The predicted molar refractivity (Wildman–Crippen MR) is 87.8 cm³/mol. The van der Waals surface area contributed by atoms with Crippen LogP contribution in [0.2, 0.25) is 0 Å². The van der Waals surface area contributed by atoms with Gasteiger partial charge in [0.15, 0.2) is 0 Å². The Labute approximate surface area is 130 Å². The van der Waals surface area contributed by atoms with E-state index in [0.29, 0.717) is 6.04 Å². The smallest absolute Gasteiger partial charge is 0.205 e. The molecule has 4 nitrogen and oxygen atoms in total. The molecule has 1 fully saturated rings. The Hall–Kier alpha value is -1.46. The van der Waals surface area contributed by atoms with E-state index in [4.69, 9.17) is 0 Å². The number of rotatable bonds is 5. The molecule has 21 heavy (non-hydrogen) atoms. The molecular formula is C16H22N4S. The van der Waals surface area contributed by atoms with Crippen molar-refractivity contribution in [1.82, 2.24) is 14.7 Å². The van der Waals surface area contributed by atoms with Gasteiger partial charge >= 0.3 is 0 Å². The van der Waals surface area contributed by atoms with Crippen molar-refractivity contribution in [3.05, 3.63) is 41.7 Å². The summed E-state index contributed by atoms with van der Waals surface area (Å²) in [5.41, 5.74) is 1.35. The van der Waals surface area contributed by atoms with Gasteiger partial charge < -0.3 is 10.2 Å². The van der Waals surface area contributed by atoms with E-state index in [0.717, 1.165) is 37.0 Å². The van der Waals surface area contributed by atoms with E-state index >= 15 is 0 Å². The van der Waals surface area contributed by atoms with Gasteiger partial charge in [-0.25, -0.2) is 4.98 Å². The molecule has 1 aromatic carbocycles. The molecule has 5 heteroatoms. The van der Waals surface area contributed by atoms with Crippen molar-refractivity contribution < 1.29 is 0 Å². The van der Waals surface area contributed by atoms with Crippen LogP contribution in [0.5, 0.6) is 0 Å². The second-order valence-corrected chi connectivity index (χ2v) is 6.23. The highest BCUT2D eigenvalue weighted by molar-refractivity contribution is 7.09. The van der Waals surface area contributed by atoms with Gasteiger partial charge in [-0.2, -0.15) is 4.37 Å². The van der Waals surface area contributed by atoms with Crippen LogP contribution in [0.3, 0.4) is 0 Å². The molecule has 112 valence electrons. The number of hydrogen-bond donors (Lipinski definition) is 1. The lowest BCUT2D eigenvalue weighted by Crippen LogP contribution is -2.45. The average Bonchev–Trinajstić information content (AvgIpc) is 3.03. The van der Waals surface area contributed by atoms with E-state index in [1.54, 1.807) is 0 Å². The molecule has 0 saturated carbocycles. The number of nitrogens with zero attached hydrogens (tertiary/aromatic N) is 3. The van der Waals surface area contributed by atoms with Crippen molar-refractivity contribution in [2.75, 3.05) is 18.0 Å². The van der Waals surface area contributed by atoms with Gasteiger partial charge in [-0.15, -0.1) is 0 Å². The highest BCUT2D eigenvalue weighted by Crippen LogP contribution is 2.22. The Balaban J connectivity index is 1.55. The zero-order valence-corrected chi connectivity index (χ0v) is 13.3. The molecule has 2 aromatic rings. The summed E-state index contributed by atoms with van der Waals surface area (Å²) in [6.07, 6.45) is 3.37. The van der Waals surface area contributed by atoms with Crippen molar-refractivity contribution in [3.8, 4) is 0 Å². The summed E-state index contributed by atoms with van der Waals surface area (Å²) >= 11 is 1.53. The first kappa shape index (κ1) is 14.5. The summed E-state index contributed by atoms with van der Waals surface area (Å²) in [4.78, 5) is 6.99. The van der Waals surface area contributed by atoms with Crippen LogP contribution in [0.15, 0.2) is 30.3 Å². The molecule has 1 unspecified atom stereocenters. The molecule has 1 aliphatic rings. The van der Waals surface area contributed by atoms with Crippen LogP contribution in [0.25, 0.3) is 0 Å². The zero-order valence-electron chi connectivity index (χ0n) is 12.5. The number of hydrogen-bond acceptors (Lipinski definition) is 5. The van der Waals surface area contributed by atoms with Crippen LogP contribution in [-0.4, -0.2) is 28.5 Å². The Morgan fingerprint density at radius 3 is 2.95 bits per heavy atom. The second kappa shape index (κ2) is 7.00. The minimum Gasteiger partial charge on any atom is -0.345 e. The third kappa shape index (κ3) is 3.80. The molecule has 1 saturated heterocycles. The number of nitrogens with one attached hydrogen (secondary N) is 1. The summed E-state index contributed by atoms with van der Waals surface area (Å²) < 4.78 is 4.40. The summed E-state index contributed by atoms with van der Waals surface area (Å²) in [5, 5.41) is 4.75. The topological polar surface area (TPSA) is 41.1 Å². The maximum Gasteiger partial charge on any atom is 0.205 e. The third-order valence-electron chi connectivity index (χ3n) is 3.90. The Morgan fingerprint density at radius 2 is 2.19 bits per heavy atom. The van der Waals surface area contributed by atoms with Crippen molar-refractivity contribution in [2.24, 2.45) is 0 Å². The summed E-state index contributed by atoms with van der Waals surface area (Å²) in [6.45, 7) is 5.18. The highest BCUT2D eigenvalue weighted by atomic mass is 32.1. The fraction of sp³-hybridized carbons (Fsp3) is 0.500. The molecule has 0 amide bonds. The van der Waals surface area contributed by atoms with Crippen LogP contribution < -0.4 is 10.2 Å². The molecule has 1 aromatic heterocycles. The largest absolute Gasteiger partial charge is 0.345 e. The molecule has 1 aliphatic heterocycles. The van der Waals surface area contributed by atoms with E-state index in [1.807, 2.05) is 0 Å². The van der Waals surface area contributed by atoms with Gasteiger partial charge in [0, 0.05) is 43.6 Å². The summed E-state index contributed by atoms with van der Waals surface area (Å²) in [7, 11) is 0. The van der Waals surface area contributed by atoms with Gasteiger partial charge in [-0.05, 0) is 18.4 Å². The number of benzene rings is 1. The molecule has 2 heterocycles. The first-order valence-electron chi connectivity index (χ1n) is 7.70. The highest BCUT2D eigenvalue weighted by Gasteiger charge is 2.22. The first-order chi connectivity index (χ1) is 10.3. The lowest BCUT2D eigenvalue weighted by molar-refractivity contribution is 0.421. The Morgan fingerprint density at radius 1 is 1.33 bits per heavy atom. The third-order valence-corrected chi connectivity index (χ3v) is 4.72. The van der Waals surface area contributed by atoms with Crippen LogP contribution >= 0.6 is 11.5 Å². The van der Waals surface area contributed by atoms with E-state index < -0.39 is 0 Å². The van der Waals surface area contributed by atoms with Crippen LogP contribution in [0, 0.1) is 0 Å². The van der Waals surface area contributed by atoms with E-state index in [2.05, 4.69) is 56.8 Å². The average molecular weight is 302 g/mol. The maximum absolute atomic E-state index is 4.61. The predicted octanol–water partition coefficient (Wildman–Crippen LogP) is 2.86. The van der Waals surface area contributed by atoms with Gasteiger partial charge in [0.25, 0.3) is 0 Å². The minimum atomic E-state index is 0.535. The monoisotopic (exact) mass is 302 g/mol. The fourth-order valence-corrected chi connectivity index (χ4v) is 3.48. The lowest BCUT2D eigenvalue weighted by Gasteiger charge is -2.32. The van der Waals surface area contributed by atoms with Gasteiger partial charge in [0.1, 0.15) is 5.82 Å². The normalized spacial score (nSPS) is 18.9. The summed E-state index contributed by atoms with van der Waals surface area (Å²) in [6, 6.07) is 11.1. The van der Waals surface area contributed by atoms with E-state index in [-0.39, 0.29) is 0 Å². The van der Waals surface area contributed by atoms with Gasteiger partial charge in [0.05, 0.1) is 0 Å². The standard InChI is InChI=1S/C16H22N4S/c1-2-15-18-16(21-19-15)20-10-6-9-14(12-20)17-11-13-7-4-3-5-8-13/h3-5,7-8,14,17H,2,6,9-12H2,1H3. The maximum atomic E-state index is 4.61. The summed E-state index contributed by atoms with van der Waals surface area (Å²) in [5.74, 6) is 0.967. The molecule has 1 N–H and O–H groups in total. The van der Waals surface area contributed by atoms with Crippen LogP contribution in [0.1, 0.15) is 31.2 Å².